The average Bonchev–Trinajstić information content (AvgIpc) is 2.96. The molecule has 0 aromatic rings. The van der Waals surface area contributed by atoms with Gasteiger partial charge >= 0.3 is 0 Å². The predicted octanol–water partition coefficient (Wildman–Crippen LogP) is 1.03. The molecule has 1 atom stereocenters. The van der Waals surface area contributed by atoms with Gasteiger partial charge in [-0.25, -0.2) is 0 Å². The lowest BCUT2D eigenvalue weighted by atomic mass is 9.87. The molecule has 0 bridgehead atoms. The summed E-state index contributed by atoms with van der Waals surface area (Å²) in [7, 11) is 1.79. The zero-order valence-corrected chi connectivity index (χ0v) is 10.5. The van der Waals surface area contributed by atoms with E-state index in [-0.39, 0.29) is 6.67 Å². The van der Waals surface area contributed by atoms with Crippen LogP contribution < -0.4 is 5.32 Å². The van der Waals surface area contributed by atoms with Crippen LogP contribution in [0.4, 0.5) is 4.39 Å². The molecule has 17 heavy (non-hydrogen) atoms. The summed E-state index contributed by atoms with van der Waals surface area (Å²) < 4.78 is 17.6. The second-order valence-electron chi connectivity index (χ2n) is 4.99. The summed E-state index contributed by atoms with van der Waals surface area (Å²) in [5.74, 6) is 0.905. The maximum absolute atomic E-state index is 12.1. The predicted molar refractivity (Wildman–Crippen MR) is 66.0 cm³/mol. The van der Waals surface area contributed by atoms with Gasteiger partial charge in [0, 0.05) is 38.7 Å². The summed E-state index contributed by atoms with van der Waals surface area (Å²) in [4.78, 5) is 6.54. The molecule has 0 radical (unpaired) electrons. The van der Waals surface area contributed by atoms with Gasteiger partial charge in [-0.15, -0.1) is 0 Å². The Kier molecular flexibility index (Phi) is 4.20. The summed E-state index contributed by atoms with van der Waals surface area (Å²) in [5, 5.41) is 3.21. The van der Waals surface area contributed by atoms with E-state index in [1.54, 1.807) is 7.05 Å². The minimum absolute atomic E-state index is 0.276. The van der Waals surface area contributed by atoms with E-state index in [0.717, 1.165) is 38.7 Å². The number of rotatable bonds is 3. The maximum Gasteiger partial charge on any atom is 0.193 e. The smallest absolute Gasteiger partial charge is 0.193 e. The Bertz CT molecular complexity index is 277. The number of ether oxygens (including phenoxy) is 1. The Morgan fingerprint density at radius 2 is 2.41 bits per heavy atom. The summed E-state index contributed by atoms with van der Waals surface area (Å²) in [5.41, 5.74) is 0.345. The number of aliphatic imine (C=N–C) groups is 1. The van der Waals surface area contributed by atoms with Crippen LogP contribution >= 0.6 is 0 Å². The number of likely N-dealkylation sites (tertiary alicyclic amines) is 1. The van der Waals surface area contributed by atoms with E-state index >= 15 is 0 Å². The van der Waals surface area contributed by atoms with Crippen LogP contribution in [0.2, 0.25) is 0 Å². The van der Waals surface area contributed by atoms with Gasteiger partial charge in [0.25, 0.3) is 0 Å². The summed E-state index contributed by atoms with van der Waals surface area (Å²) in [6, 6.07) is 0. The van der Waals surface area contributed by atoms with E-state index in [1.807, 2.05) is 0 Å². The van der Waals surface area contributed by atoms with Gasteiger partial charge in [0.05, 0.1) is 13.3 Å². The van der Waals surface area contributed by atoms with Crippen molar-refractivity contribution in [3.63, 3.8) is 0 Å². The van der Waals surface area contributed by atoms with Crippen molar-refractivity contribution in [1.82, 2.24) is 10.2 Å². The molecule has 1 N–H and O–H groups in total. The highest BCUT2D eigenvalue weighted by atomic mass is 19.1. The molecule has 0 saturated carbocycles. The van der Waals surface area contributed by atoms with Crippen molar-refractivity contribution >= 4 is 5.96 Å². The van der Waals surface area contributed by atoms with Crippen molar-refractivity contribution in [3.8, 4) is 0 Å². The van der Waals surface area contributed by atoms with E-state index in [0.29, 0.717) is 18.4 Å². The first kappa shape index (κ1) is 12.6. The van der Waals surface area contributed by atoms with Crippen molar-refractivity contribution in [2.45, 2.75) is 19.3 Å². The molecule has 98 valence electrons. The molecule has 2 rings (SSSR count). The van der Waals surface area contributed by atoms with Crippen molar-refractivity contribution in [1.29, 1.82) is 0 Å². The van der Waals surface area contributed by atoms with Crippen LogP contribution in [-0.4, -0.2) is 57.4 Å². The van der Waals surface area contributed by atoms with Gasteiger partial charge in [0.1, 0.15) is 0 Å². The lowest BCUT2D eigenvalue weighted by molar-refractivity contribution is 0.156. The molecule has 0 aromatic carbocycles. The van der Waals surface area contributed by atoms with E-state index in [2.05, 4.69) is 15.2 Å². The van der Waals surface area contributed by atoms with Gasteiger partial charge in [-0.1, -0.05) is 0 Å². The molecule has 5 heteroatoms. The number of halogens is 1. The Hall–Kier alpha value is -0.840. The third-order valence-corrected chi connectivity index (χ3v) is 3.73. The van der Waals surface area contributed by atoms with Gasteiger partial charge < -0.3 is 15.0 Å². The molecule has 2 saturated heterocycles. The van der Waals surface area contributed by atoms with Gasteiger partial charge in [-0.3, -0.25) is 9.38 Å². The highest BCUT2D eigenvalue weighted by Crippen LogP contribution is 2.37. The normalized spacial score (nSPS) is 29.3. The van der Waals surface area contributed by atoms with Crippen LogP contribution in [0.25, 0.3) is 0 Å². The fourth-order valence-corrected chi connectivity index (χ4v) is 2.69. The summed E-state index contributed by atoms with van der Waals surface area (Å²) in [6.45, 7) is 4.19. The van der Waals surface area contributed by atoms with Crippen LogP contribution in [-0.2, 0) is 4.74 Å². The van der Waals surface area contributed by atoms with Crippen molar-refractivity contribution in [3.05, 3.63) is 0 Å². The van der Waals surface area contributed by atoms with Gasteiger partial charge in [-0.2, -0.15) is 0 Å². The number of nitrogens with one attached hydrogen (secondary N) is 1. The zero-order chi connectivity index (χ0) is 12.1. The van der Waals surface area contributed by atoms with Gasteiger partial charge in [-0.05, 0) is 19.3 Å². The van der Waals surface area contributed by atoms with E-state index < -0.39 is 0 Å². The Morgan fingerprint density at radius 1 is 1.53 bits per heavy atom. The Balaban J connectivity index is 1.85. The molecule has 2 aliphatic rings. The average molecular weight is 243 g/mol. The minimum atomic E-state index is -0.276. The first-order valence-corrected chi connectivity index (χ1v) is 6.39. The largest absolute Gasteiger partial charge is 0.381 e. The summed E-state index contributed by atoms with van der Waals surface area (Å²) in [6.07, 6.45) is 2.88. The zero-order valence-electron chi connectivity index (χ0n) is 10.5. The molecule has 1 spiro atoms. The number of guanidine groups is 1. The fourth-order valence-electron chi connectivity index (χ4n) is 2.69. The summed E-state index contributed by atoms with van der Waals surface area (Å²) >= 11 is 0. The Labute approximate surface area is 102 Å². The number of alkyl halides is 1. The van der Waals surface area contributed by atoms with E-state index in [4.69, 9.17) is 4.74 Å². The second kappa shape index (κ2) is 5.67. The lowest BCUT2D eigenvalue weighted by Crippen LogP contribution is -2.41. The highest BCUT2D eigenvalue weighted by Gasteiger charge is 2.42. The maximum atomic E-state index is 12.1. The van der Waals surface area contributed by atoms with Crippen LogP contribution in [0.15, 0.2) is 4.99 Å². The van der Waals surface area contributed by atoms with Crippen LogP contribution in [0.3, 0.4) is 0 Å². The minimum Gasteiger partial charge on any atom is -0.381 e. The van der Waals surface area contributed by atoms with Gasteiger partial charge in [0.2, 0.25) is 0 Å². The number of hydrogen-bond acceptors (Lipinski definition) is 2. The molecule has 0 aromatic heterocycles. The monoisotopic (exact) mass is 243 g/mol. The van der Waals surface area contributed by atoms with E-state index in [1.165, 1.54) is 6.42 Å². The third kappa shape index (κ3) is 2.89. The fraction of sp³-hybridized carbons (Fsp3) is 0.917. The standard InChI is InChI=1S/C12H22FN3O/c1-14-11(15-6-2-5-13)16-7-3-12(9-16)4-8-17-10-12/h2-10H2,1H3,(H,14,15). The van der Waals surface area contributed by atoms with Gasteiger partial charge in [0.15, 0.2) is 5.96 Å². The molecule has 0 amide bonds. The molecule has 0 aliphatic carbocycles. The molecule has 2 fully saturated rings. The van der Waals surface area contributed by atoms with Crippen molar-refractivity contribution in [2.24, 2.45) is 10.4 Å². The molecule has 1 unspecified atom stereocenters. The lowest BCUT2D eigenvalue weighted by Gasteiger charge is -2.24. The molecule has 2 aliphatic heterocycles. The van der Waals surface area contributed by atoms with E-state index in [9.17, 15) is 4.39 Å². The van der Waals surface area contributed by atoms with Crippen LogP contribution in [0.5, 0.6) is 0 Å². The molecular formula is C12H22FN3O. The quantitative estimate of drug-likeness (QED) is 0.457. The van der Waals surface area contributed by atoms with Crippen molar-refractivity contribution in [2.75, 3.05) is 46.6 Å². The highest BCUT2D eigenvalue weighted by molar-refractivity contribution is 5.80. The topological polar surface area (TPSA) is 36.9 Å². The van der Waals surface area contributed by atoms with Crippen molar-refractivity contribution < 1.29 is 9.13 Å². The SMILES string of the molecule is CN=C(NCCCF)N1CCC2(CCOC2)C1. The molecule has 4 nitrogen and oxygen atoms in total. The molecular weight excluding hydrogens is 221 g/mol. The van der Waals surface area contributed by atoms with Crippen LogP contribution in [0.1, 0.15) is 19.3 Å². The number of nitrogens with zero attached hydrogens (tertiary/aromatic N) is 2. The second-order valence-corrected chi connectivity index (χ2v) is 4.99. The third-order valence-electron chi connectivity index (χ3n) is 3.73. The first-order valence-electron chi connectivity index (χ1n) is 6.39. The first-order chi connectivity index (χ1) is 8.29. The van der Waals surface area contributed by atoms with Crippen LogP contribution in [0, 0.1) is 5.41 Å². The Morgan fingerprint density at radius 3 is 3.06 bits per heavy atom. The number of hydrogen-bond donors (Lipinski definition) is 1. The molecule has 2 heterocycles.